The van der Waals surface area contributed by atoms with Gasteiger partial charge in [-0.25, -0.2) is 0 Å². The van der Waals surface area contributed by atoms with Gasteiger partial charge >= 0.3 is 0 Å². The quantitative estimate of drug-likeness (QED) is 0.470. The lowest BCUT2D eigenvalue weighted by Crippen LogP contribution is -2.08. The van der Waals surface area contributed by atoms with E-state index in [0.717, 1.165) is 12.8 Å². The molecule has 0 unspecified atom stereocenters. The maximum atomic E-state index is 5.50. The van der Waals surface area contributed by atoms with Gasteiger partial charge in [0.25, 0.3) is 0 Å². The highest BCUT2D eigenvalue weighted by Gasteiger charge is 1.89. The summed E-state index contributed by atoms with van der Waals surface area (Å²) in [6.45, 7) is 4.25. The minimum absolute atomic E-state index is 0.624. The summed E-state index contributed by atoms with van der Waals surface area (Å²) < 4.78 is 0. The molecule has 2 heteroatoms. The van der Waals surface area contributed by atoms with Crippen LogP contribution in [0.5, 0.6) is 0 Å². The highest BCUT2D eigenvalue weighted by atomic mass is 14.8. The van der Waals surface area contributed by atoms with Crippen LogP contribution >= 0.6 is 0 Å². The molecule has 0 aromatic carbocycles. The molecule has 0 saturated heterocycles. The van der Waals surface area contributed by atoms with Crippen LogP contribution in [0.3, 0.4) is 0 Å². The van der Waals surface area contributed by atoms with Gasteiger partial charge in [0.15, 0.2) is 0 Å². The number of rotatable bonds is 3. The number of allylic oxidation sites excluding steroid dienone is 1. The third-order valence-corrected chi connectivity index (χ3v) is 1.52. The summed E-state index contributed by atoms with van der Waals surface area (Å²) in [4.78, 5) is 3.84. The molecule has 0 rings (SSSR count). The third kappa shape index (κ3) is 3.28. The van der Waals surface area contributed by atoms with E-state index in [-0.39, 0.29) is 0 Å². The van der Waals surface area contributed by atoms with E-state index in [4.69, 9.17) is 5.73 Å². The van der Waals surface area contributed by atoms with E-state index in [1.807, 2.05) is 6.08 Å². The Morgan fingerprint density at radius 2 is 1.90 bits per heavy atom. The van der Waals surface area contributed by atoms with Crippen LogP contribution in [0.4, 0.5) is 0 Å². The van der Waals surface area contributed by atoms with Gasteiger partial charge in [0.1, 0.15) is 5.84 Å². The predicted molar refractivity (Wildman–Crippen MR) is 46.2 cm³/mol. The molecule has 0 heterocycles. The van der Waals surface area contributed by atoms with Gasteiger partial charge < -0.3 is 5.73 Å². The Hall–Kier alpha value is -0.790. The van der Waals surface area contributed by atoms with Crippen LogP contribution in [0, 0.1) is 0 Å². The van der Waals surface area contributed by atoms with Crippen molar-refractivity contribution in [1.82, 2.24) is 0 Å². The summed E-state index contributed by atoms with van der Waals surface area (Å²) in [5, 5.41) is 0. The molecule has 2 N–H and O–H groups in total. The Labute approximate surface area is 62.8 Å². The maximum Gasteiger partial charge on any atom is 0.117 e. The molecular weight excluding hydrogens is 124 g/mol. The van der Waals surface area contributed by atoms with Crippen molar-refractivity contribution >= 4 is 5.84 Å². The van der Waals surface area contributed by atoms with Crippen LogP contribution in [-0.4, -0.2) is 12.9 Å². The molecule has 0 fully saturated rings. The van der Waals surface area contributed by atoms with Crippen LogP contribution in [0.2, 0.25) is 0 Å². The van der Waals surface area contributed by atoms with Gasteiger partial charge in [-0.05, 0) is 18.9 Å². The lowest BCUT2D eigenvalue weighted by molar-refractivity contribution is 0.979. The van der Waals surface area contributed by atoms with Crippen LogP contribution in [0.15, 0.2) is 16.6 Å². The second kappa shape index (κ2) is 5.03. The van der Waals surface area contributed by atoms with Gasteiger partial charge in [-0.3, -0.25) is 4.99 Å². The summed E-state index contributed by atoms with van der Waals surface area (Å²) in [6.07, 6.45) is 4.07. The summed E-state index contributed by atoms with van der Waals surface area (Å²) in [7, 11) is 1.70. The zero-order chi connectivity index (χ0) is 7.98. The van der Waals surface area contributed by atoms with Crippen molar-refractivity contribution in [3.05, 3.63) is 11.6 Å². The summed E-state index contributed by atoms with van der Waals surface area (Å²) in [5.41, 5.74) is 6.85. The lowest BCUT2D eigenvalue weighted by Gasteiger charge is -1.97. The van der Waals surface area contributed by atoms with E-state index in [0.29, 0.717) is 5.84 Å². The zero-order valence-electron chi connectivity index (χ0n) is 7.02. The fraction of sp³-hybridized carbons (Fsp3) is 0.625. The zero-order valence-corrected chi connectivity index (χ0v) is 7.02. The van der Waals surface area contributed by atoms with Crippen LogP contribution < -0.4 is 5.73 Å². The smallest absolute Gasteiger partial charge is 0.117 e. The normalized spacial score (nSPS) is 11.3. The number of aliphatic imine (C=N–C) groups is 1. The average Bonchev–Trinajstić information content (AvgIpc) is 1.99. The summed E-state index contributed by atoms with van der Waals surface area (Å²) >= 11 is 0. The monoisotopic (exact) mass is 140 g/mol. The minimum atomic E-state index is 0.624. The van der Waals surface area contributed by atoms with Gasteiger partial charge in [-0.2, -0.15) is 0 Å². The Balaban J connectivity index is 4.10. The van der Waals surface area contributed by atoms with Gasteiger partial charge in [-0.1, -0.05) is 19.4 Å². The Kier molecular flexibility index (Phi) is 4.63. The molecule has 0 radical (unpaired) electrons. The van der Waals surface area contributed by atoms with E-state index < -0.39 is 0 Å². The van der Waals surface area contributed by atoms with Crippen molar-refractivity contribution < 1.29 is 0 Å². The van der Waals surface area contributed by atoms with Crippen LogP contribution in [0.25, 0.3) is 0 Å². The molecule has 58 valence electrons. The molecule has 10 heavy (non-hydrogen) atoms. The SMILES string of the molecule is CCC(=CC(N)=NC)CC. The number of amidine groups is 1. The van der Waals surface area contributed by atoms with Crippen molar-refractivity contribution in [2.75, 3.05) is 7.05 Å². The molecule has 0 saturated carbocycles. The van der Waals surface area contributed by atoms with Gasteiger partial charge in [0.2, 0.25) is 0 Å². The molecule has 0 aromatic heterocycles. The molecule has 0 atom stereocenters. The molecule has 0 aliphatic carbocycles. The van der Waals surface area contributed by atoms with Crippen LogP contribution in [-0.2, 0) is 0 Å². The largest absolute Gasteiger partial charge is 0.384 e. The van der Waals surface area contributed by atoms with Crippen molar-refractivity contribution in [3.8, 4) is 0 Å². The number of nitrogens with zero attached hydrogens (tertiary/aromatic N) is 1. The fourth-order valence-electron chi connectivity index (χ4n) is 0.728. The van der Waals surface area contributed by atoms with Gasteiger partial charge in [-0.15, -0.1) is 0 Å². The third-order valence-electron chi connectivity index (χ3n) is 1.52. The Morgan fingerprint density at radius 3 is 2.20 bits per heavy atom. The van der Waals surface area contributed by atoms with Crippen molar-refractivity contribution in [2.45, 2.75) is 26.7 Å². The Morgan fingerprint density at radius 1 is 1.40 bits per heavy atom. The highest BCUT2D eigenvalue weighted by Crippen LogP contribution is 2.03. The van der Waals surface area contributed by atoms with E-state index >= 15 is 0 Å². The molecule has 0 amide bonds. The van der Waals surface area contributed by atoms with E-state index in [2.05, 4.69) is 18.8 Å². The molecule has 0 aliphatic heterocycles. The van der Waals surface area contributed by atoms with Crippen LogP contribution in [0.1, 0.15) is 26.7 Å². The van der Waals surface area contributed by atoms with Gasteiger partial charge in [0, 0.05) is 7.05 Å². The maximum absolute atomic E-state index is 5.50. The van der Waals surface area contributed by atoms with Crippen molar-refractivity contribution in [3.63, 3.8) is 0 Å². The summed E-state index contributed by atoms with van der Waals surface area (Å²) in [5.74, 6) is 0.624. The summed E-state index contributed by atoms with van der Waals surface area (Å²) in [6, 6.07) is 0. The fourth-order valence-corrected chi connectivity index (χ4v) is 0.728. The first-order valence-corrected chi connectivity index (χ1v) is 3.66. The number of hydrogen-bond donors (Lipinski definition) is 1. The average molecular weight is 140 g/mol. The minimum Gasteiger partial charge on any atom is -0.384 e. The molecular formula is C8H16N2. The topological polar surface area (TPSA) is 38.4 Å². The van der Waals surface area contributed by atoms with Crippen molar-refractivity contribution in [1.29, 1.82) is 0 Å². The van der Waals surface area contributed by atoms with E-state index in [9.17, 15) is 0 Å². The van der Waals surface area contributed by atoms with Crippen molar-refractivity contribution in [2.24, 2.45) is 10.7 Å². The molecule has 0 aliphatic rings. The highest BCUT2D eigenvalue weighted by molar-refractivity contribution is 5.91. The molecule has 0 aromatic rings. The number of hydrogen-bond acceptors (Lipinski definition) is 1. The molecule has 0 bridgehead atoms. The molecule has 2 nitrogen and oxygen atoms in total. The Bertz CT molecular complexity index is 139. The second-order valence-electron chi connectivity index (χ2n) is 2.16. The first-order chi connectivity index (χ1) is 4.74. The first kappa shape index (κ1) is 9.21. The molecule has 0 spiro atoms. The van der Waals surface area contributed by atoms with Gasteiger partial charge in [0.05, 0.1) is 0 Å². The first-order valence-electron chi connectivity index (χ1n) is 3.66. The second-order valence-corrected chi connectivity index (χ2v) is 2.16. The van der Waals surface area contributed by atoms with E-state index in [1.165, 1.54) is 5.57 Å². The predicted octanol–water partition coefficient (Wildman–Crippen LogP) is 1.72. The standard InChI is InChI=1S/C8H16N2/c1-4-7(5-2)6-8(9)10-3/h6H,4-5H2,1-3H3,(H2,9,10). The lowest BCUT2D eigenvalue weighted by atomic mass is 10.1. The number of nitrogens with two attached hydrogens (primary N) is 1. The van der Waals surface area contributed by atoms with E-state index in [1.54, 1.807) is 7.05 Å².